The van der Waals surface area contributed by atoms with E-state index < -0.39 is 0 Å². The molecule has 0 aliphatic carbocycles. The van der Waals surface area contributed by atoms with Crippen LogP contribution in [0.4, 0.5) is 0 Å². The van der Waals surface area contributed by atoms with E-state index in [1.54, 1.807) is 19.1 Å². The molecule has 0 saturated heterocycles. The zero-order valence-corrected chi connectivity index (χ0v) is 12.4. The highest BCUT2D eigenvalue weighted by Crippen LogP contribution is 2.29. The minimum absolute atomic E-state index is 0.0244. The third-order valence-corrected chi connectivity index (χ3v) is 3.17. The standard InChI is InChI=1S/C10H14O2.C7H8O2/c1-2-3-5-8-6-4-7-9(11)10(8)12;1-5-6(8)3-2-4-7(5)9/h4,6-7,11-12H,2-3,5H2,1H3;2-4,8-9H,1H3. The van der Waals surface area contributed by atoms with Crippen molar-refractivity contribution in [2.24, 2.45) is 0 Å². The zero-order valence-electron chi connectivity index (χ0n) is 12.4. The molecule has 0 bridgehead atoms. The van der Waals surface area contributed by atoms with Crippen LogP contribution in [0.5, 0.6) is 23.0 Å². The lowest BCUT2D eigenvalue weighted by Crippen LogP contribution is -1.85. The second-order valence-electron chi connectivity index (χ2n) is 4.81. The molecule has 0 radical (unpaired) electrons. The molecule has 114 valence electrons. The number of hydrogen-bond donors (Lipinski definition) is 4. The summed E-state index contributed by atoms with van der Waals surface area (Å²) in [5.41, 5.74) is 1.36. The van der Waals surface area contributed by atoms with Gasteiger partial charge in [0.05, 0.1) is 0 Å². The molecule has 0 aromatic heterocycles. The van der Waals surface area contributed by atoms with Crippen molar-refractivity contribution >= 4 is 0 Å². The molecule has 0 unspecified atom stereocenters. The first-order chi connectivity index (χ1) is 9.97. The van der Waals surface area contributed by atoms with Crippen LogP contribution in [0.3, 0.4) is 0 Å². The van der Waals surface area contributed by atoms with Crippen LogP contribution < -0.4 is 0 Å². The molecule has 0 saturated carbocycles. The van der Waals surface area contributed by atoms with Gasteiger partial charge in [-0.3, -0.25) is 0 Å². The van der Waals surface area contributed by atoms with Gasteiger partial charge in [0, 0.05) is 5.56 Å². The second-order valence-corrected chi connectivity index (χ2v) is 4.81. The number of unbranched alkanes of at least 4 members (excludes halogenated alkanes) is 1. The molecule has 0 fully saturated rings. The Morgan fingerprint density at radius 3 is 1.86 bits per heavy atom. The lowest BCUT2D eigenvalue weighted by atomic mass is 10.1. The van der Waals surface area contributed by atoms with Gasteiger partial charge in [-0.2, -0.15) is 0 Å². The summed E-state index contributed by atoms with van der Waals surface area (Å²) in [6.45, 7) is 3.75. The Hall–Kier alpha value is -2.36. The number of hydrogen-bond acceptors (Lipinski definition) is 4. The topological polar surface area (TPSA) is 80.9 Å². The van der Waals surface area contributed by atoms with Crippen molar-refractivity contribution in [3.8, 4) is 23.0 Å². The molecule has 0 amide bonds. The minimum Gasteiger partial charge on any atom is -0.508 e. The van der Waals surface area contributed by atoms with Gasteiger partial charge in [0.2, 0.25) is 0 Å². The van der Waals surface area contributed by atoms with E-state index in [0.29, 0.717) is 5.56 Å². The third-order valence-electron chi connectivity index (χ3n) is 3.17. The van der Waals surface area contributed by atoms with Crippen molar-refractivity contribution < 1.29 is 20.4 Å². The fourth-order valence-electron chi connectivity index (χ4n) is 1.76. The van der Waals surface area contributed by atoms with Crippen LogP contribution in [0.1, 0.15) is 30.9 Å². The first-order valence-corrected chi connectivity index (χ1v) is 6.94. The number of aryl methyl sites for hydroxylation is 1. The molecule has 2 aromatic carbocycles. The quantitative estimate of drug-likeness (QED) is 0.647. The Kier molecular flexibility index (Phi) is 6.40. The van der Waals surface area contributed by atoms with Crippen LogP contribution in [0.25, 0.3) is 0 Å². The minimum atomic E-state index is -0.0244. The van der Waals surface area contributed by atoms with Crippen LogP contribution in [-0.2, 0) is 6.42 Å². The van der Waals surface area contributed by atoms with Crippen molar-refractivity contribution in [3.05, 3.63) is 47.5 Å². The number of phenols is 4. The van der Waals surface area contributed by atoms with Crippen molar-refractivity contribution in [2.45, 2.75) is 33.1 Å². The van der Waals surface area contributed by atoms with Gasteiger partial charge < -0.3 is 20.4 Å². The summed E-state index contributed by atoms with van der Waals surface area (Å²) in [6.07, 6.45) is 2.96. The Labute approximate surface area is 124 Å². The van der Waals surface area contributed by atoms with E-state index in [1.807, 2.05) is 6.07 Å². The highest BCUT2D eigenvalue weighted by atomic mass is 16.3. The molecule has 0 spiro atoms. The Morgan fingerprint density at radius 2 is 1.33 bits per heavy atom. The molecule has 2 rings (SSSR count). The summed E-state index contributed by atoms with van der Waals surface area (Å²) >= 11 is 0. The van der Waals surface area contributed by atoms with Crippen molar-refractivity contribution in [1.29, 1.82) is 0 Å². The molecular weight excluding hydrogens is 268 g/mol. The van der Waals surface area contributed by atoms with E-state index in [2.05, 4.69) is 6.92 Å². The molecule has 0 aliphatic rings. The van der Waals surface area contributed by atoms with Crippen LogP contribution in [-0.4, -0.2) is 20.4 Å². The number of aromatic hydroxyl groups is 4. The third kappa shape index (κ3) is 4.91. The van der Waals surface area contributed by atoms with Gasteiger partial charge in [-0.1, -0.05) is 31.5 Å². The first-order valence-electron chi connectivity index (χ1n) is 6.94. The van der Waals surface area contributed by atoms with Crippen LogP contribution in [0, 0.1) is 6.92 Å². The van der Waals surface area contributed by atoms with Gasteiger partial charge in [0.1, 0.15) is 11.5 Å². The van der Waals surface area contributed by atoms with Gasteiger partial charge in [0.15, 0.2) is 11.5 Å². The maximum Gasteiger partial charge on any atom is 0.160 e. The predicted molar refractivity (Wildman–Crippen MR) is 82.9 cm³/mol. The largest absolute Gasteiger partial charge is 0.508 e. The monoisotopic (exact) mass is 290 g/mol. The maximum atomic E-state index is 9.37. The normalized spacial score (nSPS) is 9.81. The van der Waals surface area contributed by atoms with Crippen LogP contribution >= 0.6 is 0 Å². The van der Waals surface area contributed by atoms with Crippen molar-refractivity contribution in [3.63, 3.8) is 0 Å². The summed E-state index contributed by atoms with van der Waals surface area (Å²) < 4.78 is 0. The summed E-state index contributed by atoms with van der Waals surface area (Å²) in [7, 11) is 0. The Morgan fingerprint density at radius 1 is 0.810 bits per heavy atom. The highest BCUT2D eigenvalue weighted by Gasteiger charge is 2.03. The van der Waals surface area contributed by atoms with Gasteiger partial charge in [0.25, 0.3) is 0 Å². The van der Waals surface area contributed by atoms with Crippen LogP contribution in [0.2, 0.25) is 0 Å². The Bertz CT molecular complexity index is 559. The van der Waals surface area contributed by atoms with Gasteiger partial charge in [-0.15, -0.1) is 0 Å². The molecule has 0 heterocycles. The summed E-state index contributed by atoms with van der Waals surface area (Å²) in [4.78, 5) is 0. The summed E-state index contributed by atoms with van der Waals surface area (Å²) in [5, 5.41) is 36.4. The molecule has 21 heavy (non-hydrogen) atoms. The van der Waals surface area contributed by atoms with E-state index in [1.165, 1.54) is 18.2 Å². The summed E-state index contributed by atoms with van der Waals surface area (Å²) in [5.74, 6) is 0.277. The number of phenolic OH excluding ortho intramolecular Hbond substituents is 4. The molecule has 0 atom stereocenters. The molecular formula is C17H22O4. The average molecular weight is 290 g/mol. The van der Waals surface area contributed by atoms with Crippen molar-refractivity contribution in [1.82, 2.24) is 0 Å². The molecule has 4 N–H and O–H groups in total. The number of benzene rings is 2. The van der Waals surface area contributed by atoms with E-state index in [4.69, 9.17) is 15.3 Å². The number of para-hydroxylation sites is 1. The van der Waals surface area contributed by atoms with E-state index in [9.17, 15) is 5.11 Å². The van der Waals surface area contributed by atoms with Gasteiger partial charge in [-0.05, 0) is 43.5 Å². The lowest BCUT2D eigenvalue weighted by Gasteiger charge is -2.04. The molecule has 0 aliphatic heterocycles. The maximum absolute atomic E-state index is 9.37. The predicted octanol–water partition coefficient (Wildman–Crippen LogP) is 3.85. The smallest absolute Gasteiger partial charge is 0.160 e. The van der Waals surface area contributed by atoms with Gasteiger partial charge in [-0.25, -0.2) is 0 Å². The zero-order chi connectivity index (χ0) is 15.8. The molecule has 4 heteroatoms. The fourth-order valence-corrected chi connectivity index (χ4v) is 1.76. The van der Waals surface area contributed by atoms with Crippen LogP contribution in [0.15, 0.2) is 36.4 Å². The SMILES string of the molecule is CCCCc1cccc(O)c1O.Cc1c(O)cccc1O. The Balaban J connectivity index is 0.000000219. The lowest BCUT2D eigenvalue weighted by molar-refractivity contribution is 0.399. The van der Waals surface area contributed by atoms with E-state index in [0.717, 1.165) is 24.8 Å². The average Bonchev–Trinajstić information content (AvgIpc) is 2.47. The highest BCUT2D eigenvalue weighted by molar-refractivity contribution is 5.44. The molecule has 4 nitrogen and oxygen atoms in total. The van der Waals surface area contributed by atoms with Crippen molar-refractivity contribution in [2.75, 3.05) is 0 Å². The first kappa shape index (κ1) is 16.7. The summed E-state index contributed by atoms with van der Waals surface area (Å²) in [6, 6.07) is 9.75. The van der Waals surface area contributed by atoms with E-state index in [-0.39, 0.29) is 23.0 Å². The second kappa shape index (κ2) is 8.04. The van der Waals surface area contributed by atoms with Gasteiger partial charge >= 0.3 is 0 Å². The van der Waals surface area contributed by atoms with E-state index >= 15 is 0 Å². The fraction of sp³-hybridized carbons (Fsp3) is 0.294. The molecule has 2 aromatic rings. The number of rotatable bonds is 3.